The number of carboxylic acids is 1. The molecular formula is C15H14N4O3. The lowest BCUT2D eigenvalue weighted by molar-refractivity contribution is 0.0697. The maximum absolute atomic E-state index is 10.8. The van der Waals surface area contributed by atoms with Gasteiger partial charge in [-0.1, -0.05) is 0 Å². The number of aryl methyl sites for hydroxylation is 1. The summed E-state index contributed by atoms with van der Waals surface area (Å²) >= 11 is 0. The van der Waals surface area contributed by atoms with Crippen molar-refractivity contribution in [1.82, 2.24) is 0 Å². The second kappa shape index (κ2) is 6.57. The molecule has 2 N–H and O–H groups in total. The zero-order valence-electron chi connectivity index (χ0n) is 12.1. The molecule has 0 spiro atoms. The molecule has 0 aliphatic rings. The molecule has 112 valence electrons. The van der Waals surface area contributed by atoms with Crippen molar-refractivity contribution >= 4 is 23.0 Å². The van der Waals surface area contributed by atoms with E-state index in [1.165, 1.54) is 19.2 Å². The Morgan fingerprint density at radius 3 is 2.36 bits per heavy atom. The highest BCUT2D eigenvalue weighted by molar-refractivity contribution is 5.87. The van der Waals surface area contributed by atoms with E-state index in [1.54, 1.807) is 24.3 Å². The van der Waals surface area contributed by atoms with Crippen LogP contribution in [0.5, 0.6) is 5.75 Å². The van der Waals surface area contributed by atoms with Crippen LogP contribution >= 0.6 is 0 Å². The standard InChI is InChI=1S/C15H14N4O3/c1-9-7-13(17-16)14(22-2)8-12(9)19-18-11-5-3-10(4-6-11)15(20)21/h3-8,16H,1-2H3,(H,20,21). The number of azo groups is 1. The Hall–Kier alpha value is -3.09. The van der Waals surface area contributed by atoms with Crippen LogP contribution in [0.2, 0.25) is 0 Å². The molecule has 0 aliphatic heterocycles. The molecule has 2 aromatic carbocycles. The average Bonchev–Trinajstić information content (AvgIpc) is 2.53. The molecule has 22 heavy (non-hydrogen) atoms. The molecule has 0 bridgehead atoms. The Morgan fingerprint density at radius 2 is 1.82 bits per heavy atom. The van der Waals surface area contributed by atoms with E-state index in [1.807, 2.05) is 6.92 Å². The van der Waals surface area contributed by atoms with Gasteiger partial charge in [-0.25, -0.2) is 10.3 Å². The summed E-state index contributed by atoms with van der Waals surface area (Å²) in [4.78, 5) is 10.8. The number of carboxylic acid groups (broad SMARTS) is 1. The summed E-state index contributed by atoms with van der Waals surface area (Å²) in [6.45, 7) is 1.83. The lowest BCUT2D eigenvalue weighted by Gasteiger charge is -2.06. The average molecular weight is 298 g/mol. The fourth-order valence-electron chi connectivity index (χ4n) is 1.80. The van der Waals surface area contributed by atoms with E-state index in [0.717, 1.165) is 5.56 Å². The van der Waals surface area contributed by atoms with Gasteiger partial charge in [0.05, 0.1) is 24.0 Å². The van der Waals surface area contributed by atoms with Crippen molar-refractivity contribution in [3.8, 4) is 5.75 Å². The van der Waals surface area contributed by atoms with Crippen LogP contribution in [0.25, 0.3) is 0 Å². The summed E-state index contributed by atoms with van der Waals surface area (Å²) in [5, 5.41) is 20.4. The first-order valence-electron chi connectivity index (χ1n) is 6.36. The third kappa shape index (κ3) is 3.32. The molecule has 2 rings (SSSR count). The van der Waals surface area contributed by atoms with E-state index in [9.17, 15) is 4.79 Å². The van der Waals surface area contributed by atoms with Crippen molar-refractivity contribution in [2.24, 2.45) is 15.3 Å². The topological polar surface area (TPSA) is 107 Å². The summed E-state index contributed by atoms with van der Waals surface area (Å²) in [6, 6.07) is 9.42. The Bertz CT molecular complexity index is 739. The highest BCUT2D eigenvalue weighted by atomic mass is 16.5. The van der Waals surface area contributed by atoms with Gasteiger partial charge in [-0.2, -0.15) is 15.3 Å². The van der Waals surface area contributed by atoms with Crippen LogP contribution in [0.15, 0.2) is 51.7 Å². The summed E-state index contributed by atoms with van der Waals surface area (Å²) in [5.41, 5.74) is 9.64. The van der Waals surface area contributed by atoms with Gasteiger partial charge in [0.2, 0.25) is 0 Å². The van der Waals surface area contributed by atoms with E-state index >= 15 is 0 Å². The SMILES string of the molecule is COc1cc(N=Nc2ccc(C(=O)O)cc2)c(C)cc1N=N. The van der Waals surface area contributed by atoms with Crippen LogP contribution in [-0.4, -0.2) is 18.2 Å². The predicted molar refractivity (Wildman–Crippen MR) is 80.1 cm³/mol. The van der Waals surface area contributed by atoms with Crippen molar-refractivity contribution in [2.75, 3.05) is 7.11 Å². The Labute approximate surface area is 126 Å². The molecule has 0 heterocycles. The Kier molecular flexibility index (Phi) is 4.57. The normalized spacial score (nSPS) is 10.6. The molecule has 0 saturated carbocycles. The van der Waals surface area contributed by atoms with Crippen LogP contribution in [0.4, 0.5) is 17.1 Å². The molecule has 7 heteroatoms. The van der Waals surface area contributed by atoms with Crippen molar-refractivity contribution in [1.29, 1.82) is 5.53 Å². The van der Waals surface area contributed by atoms with Crippen LogP contribution in [0.1, 0.15) is 15.9 Å². The first-order valence-corrected chi connectivity index (χ1v) is 6.36. The van der Waals surface area contributed by atoms with Crippen molar-refractivity contribution in [3.63, 3.8) is 0 Å². The van der Waals surface area contributed by atoms with Gasteiger partial charge in [-0.3, -0.25) is 0 Å². The molecule has 2 aromatic rings. The molecular weight excluding hydrogens is 284 g/mol. The van der Waals surface area contributed by atoms with Gasteiger partial charge in [-0.05, 0) is 42.8 Å². The number of ether oxygens (including phenoxy) is 1. The van der Waals surface area contributed by atoms with Crippen molar-refractivity contribution < 1.29 is 14.6 Å². The summed E-state index contributed by atoms with van der Waals surface area (Å²) < 4.78 is 5.15. The van der Waals surface area contributed by atoms with E-state index in [-0.39, 0.29) is 5.56 Å². The first-order chi connectivity index (χ1) is 10.5. The zero-order chi connectivity index (χ0) is 16.1. The minimum Gasteiger partial charge on any atom is -0.494 e. The van der Waals surface area contributed by atoms with Crippen LogP contribution in [0, 0.1) is 12.5 Å². The first kappa shape index (κ1) is 15.3. The van der Waals surface area contributed by atoms with Gasteiger partial charge < -0.3 is 9.84 Å². The number of methoxy groups -OCH3 is 1. The van der Waals surface area contributed by atoms with Gasteiger partial charge in [0.1, 0.15) is 11.4 Å². The zero-order valence-corrected chi connectivity index (χ0v) is 12.1. The highest BCUT2D eigenvalue weighted by Gasteiger charge is 2.07. The minimum atomic E-state index is -0.987. The van der Waals surface area contributed by atoms with Gasteiger partial charge in [0.15, 0.2) is 0 Å². The van der Waals surface area contributed by atoms with Crippen LogP contribution < -0.4 is 4.74 Å². The number of rotatable bonds is 5. The maximum Gasteiger partial charge on any atom is 0.335 e. The third-order valence-electron chi connectivity index (χ3n) is 3.01. The molecule has 0 amide bonds. The largest absolute Gasteiger partial charge is 0.494 e. The minimum absolute atomic E-state index is 0.193. The van der Waals surface area contributed by atoms with Gasteiger partial charge in [0, 0.05) is 6.07 Å². The number of carbonyl (C=O) groups is 1. The number of aromatic carboxylic acids is 1. The molecule has 0 aromatic heterocycles. The van der Waals surface area contributed by atoms with E-state index in [2.05, 4.69) is 15.3 Å². The summed E-state index contributed by atoms with van der Waals surface area (Å²) in [5.74, 6) is -0.547. The number of nitrogens with zero attached hydrogens (tertiary/aromatic N) is 3. The number of hydrogen-bond donors (Lipinski definition) is 2. The van der Waals surface area contributed by atoms with E-state index in [0.29, 0.717) is 22.8 Å². The molecule has 7 nitrogen and oxygen atoms in total. The van der Waals surface area contributed by atoms with Crippen LogP contribution in [-0.2, 0) is 0 Å². The van der Waals surface area contributed by atoms with Crippen molar-refractivity contribution in [2.45, 2.75) is 6.92 Å². The van der Waals surface area contributed by atoms with Gasteiger partial charge in [0.25, 0.3) is 0 Å². The van der Waals surface area contributed by atoms with Crippen LogP contribution in [0.3, 0.4) is 0 Å². The molecule has 0 fully saturated rings. The molecule has 0 radical (unpaired) electrons. The maximum atomic E-state index is 10.8. The third-order valence-corrected chi connectivity index (χ3v) is 3.01. The van der Waals surface area contributed by atoms with Gasteiger partial charge in [-0.15, -0.1) is 0 Å². The van der Waals surface area contributed by atoms with E-state index in [4.69, 9.17) is 15.4 Å². The number of benzene rings is 2. The van der Waals surface area contributed by atoms with Crippen molar-refractivity contribution in [3.05, 3.63) is 47.5 Å². The lowest BCUT2D eigenvalue weighted by atomic mass is 10.1. The quantitative estimate of drug-likeness (QED) is 0.775. The molecule has 0 saturated heterocycles. The second-order valence-corrected chi connectivity index (χ2v) is 4.47. The van der Waals surface area contributed by atoms with Gasteiger partial charge >= 0.3 is 5.97 Å². The number of nitrogens with one attached hydrogen (secondary N) is 1. The number of hydrogen-bond acceptors (Lipinski definition) is 6. The second-order valence-electron chi connectivity index (χ2n) is 4.47. The highest BCUT2D eigenvalue weighted by Crippen LogP contribution is 2.35. The van der Waals surface area contributed by atoms with E-state index < -0.39 is 5.97 Å². The summed E-state index contributed by atoms with van der Waals surface area (Å²) in [6.07, 6.45) is 0. The fraction of sp³-hybridized carbons (Fsp3) is 0.133. The monoisotopic (exact) mass is 298 g/mol. The Morgan fingerprint density at radius 1 is 1.14 bits per heavy atom. The molecule has 0 aliphatic carbocycles. The fourth-order valence-corrected chi connectivity index (χ4v) is 1.80. The molecule has 0 unspecified atom stereocenters. The smallest absolute Gasteiger partial charge is 0.335 e. The lowest BCUT2D eigenvalue weighted by Crippen LogP contribution is -1.93. The molecule has 0 atom stereocenters. The summed E-state index contributed by atoms with van der Waals surface area (Å²) in [7, 11) is 1.49. The predicted octanol–water partition coefficient (Wildman–Crippen LogP) is 4.78. The Balaban J connectivity index is 2.29.